The topological polar surface area (TPSA) is 213 Å². The van der Waals surface area contributed by atoms with Crippen molar-refractivity contribution in [1.29, 1.82) is 0 Å². The van der Waals surface area contributed by atoms with Gasteiger partial charge in [-0.25, -0.2) is 15.8 Å². The number of rotatable bonds is 3. The summed E-state index contributed by atoms with van der Waals surface area (Å²) in [4.78, 5) is 33.7. The van der Waals surface area contributed by atoms with Crippen LogP contribution in [0.4, 0.5) is 0 Å². The molecule has 176 valence electrons. The summed E-state index contributed by atoms with van der Waals surface area (Å²) in [5.74, 6) is -4.20. The maximum absolute atomic E-state index is 13.2. The summed E-state index contributed by atoms with van der Waals surface area (Å²) in [6.45, 7) is -0.116. The molecule has 0 radical (unpaired) electrons. The number of nitrogens with zero attached hydrogens (tertiary/aromatic N) is 2. The molecule has 4 atom stereocenters. The standard InChI is InChI=1S/C20H26N8O5/c21-17-25-14-13(16(30)27-33)24-18(22)28-8-12(20(31,32)19(14,28)26-17)23-15(29)11-7-3-5-9-4-1-2-6-10(9)11/h3,5,7,12-14,31-33H,1-2,4,6,8H2,(H2,22,24)(H,23,29)(H,27,30)(H3,21,25,26)/p+1/t12-,13+,14-,19-/m0/s1. The molecule has 0 saturated carbocycles. The summed E-state index contributed by atoms with van der Waals surface area (Å²) in [6, 6.07) is 1.89. The highest BCUT2D eigenvalue weighted by Gasteiger charge is 2.77. The Bertz CT molecular complexity index is 1090. The fourth-order valence-electron chi connectivity index (χ4n) is 5.59. The van der Waals surface area contributed by atoms with Crippen LogP contribution in [0, 0.1) is 0 Å². The lowest BCUT2D eigenvalue weighted by Gasteiger charge is -2.45. The molecule has 1 aliphatic carbocycles. The van der Waals surface area contributed by atoms with Gasteiger partial charge in [0, 0.05) is 5.56 Å². The maximum atomic E-state index is 13.2. The molecule has 1 aromatic carbocycles. The molecule has 2 amide bonds. The third kappa shape index (κ3) is 2.89. The molecule has 11 N–H and O–H groups in total. The minimum atomic E-state index is -2.63. The van der Waals surface area contributed by atoms with E-state index in [1.807, 2.05) is 12.1 Å². The van der Waals surface area contributed by atoms with Crippen molar-refractivity contribution in [2.24, 2.45) is 16.5 Å². The van der Waals surface area contributed by atoms with Crippen molar-refractivity contribution in [3.63, 3.8) is 0 Å². The lowest BCUT2D eigenvalue weighted by molar-refractivity contribution is -0.519. The van der Waals surface area contributed by atoms with E-state index in [4.69, 9.17) is 16.7 Å². The van der Waals surface area contributed by atoms with Gasteiger partial charge in [-0.3, -0.25) is 30.4 Å². The summed E-state index contributed by atoms with van der Waals surface area (Å²) >= 11 is 0. The number of aliphatic hydroxyl groups is 2. The predicted octanol–water partition coefficient (Wildman–Crippen LogP) is -5.07. The molecular weight excluding hydrogens is 432 g/mol. The van der Waals surface area contributed by atoms with E-state index in [0.717, 1.165) is 36.8 Å². The average Bonchev–Trinajstić information content (AvgIpc) is 3.27. The monoisotopic (exact) mass is 459 g/mol. The normalized spacial score (nSPS) is 31.4. The zero-order valence-corrected chi connectivity index (χ0v) is 17.7. The van der Waals surface area contributed by atoms with Gasteiger partial charge in [-0.1, -0.05) is 12.1 Å². The lowest BCUT2D eigenvalue weighted by Crippen LogP contribution is -2.90. The third-order valence-electron chi connectivity index (χ3n) is 7.11. The van der Waals surface area contributed by atoms with E-state index in [2.05, 4.69) is 20.6 Å². The molecule has 4 aliphatic rings. The molecular formula is C20H27N8O5+. The summed E-state index contributed by atoms with van der Waals surface area (Å²) in [5.41, 5.74) is 14.2. The largest absolute Gasteiger partial charge is 0.370 e. The molecule has 3 heterocycles. The average molecular weight is 459 g/mol. The van der Waals surface area contributed by atoms with Crippen LogP contribution in [0.25, 0.3) is 0 Å². The van der Waals surface area contributed by atoms with Crippen LogP contribution in [0.1, 0.15) is 34.3 Å². The van der Waals surface area contributed by atoms with Crippen LogP contribution in [0.5, 0.6) is 0 Å². The molecule has 1 spiro atoms. The molecule has 5 rings (SSSR count). The number of nitrogens with two attached hydrogens (primary N) is 2. The number of carbonyl (C=O) groups is 2. The van der Waals surface area contributed by atoms with Gasteiger partial charge in [0.15, 0.2) is 18.0 Å². The first-order valence-corrected chi connectivity index (χ1v) is 10.8. The van der Waals surface area contributed by atoms with Crippen LogP contribution >= 0.6 is 0 Å². The number of amides is 2. The molecule has 13 heteroatoms. The summed E-state index contributed by atoms with van der Waals surface area (Å²) in [7, 11) is 0. The first kappa shape index (κ1) is 21.4. The number of hydrogen-bond acceptors (Lipinski definition) is 10. The number of nitrogens with one attached hydrogen (secondary N) is 4. The van der Waals surface area contributed by atoms with E-state index in [1.54, 1.807) is 6.07 Å². The van der Waals surface area contributed by atoms with Crippen molar-refractivity contribution in [2.75, 3.05) is 6.54 Å². The summed E-state index contributed by atoms with van der Waals surface area (Å²) in [5, 5.41) is 37.4. The first-order valence-electron chi connectivity index (χ1n) is 10.8. The molecule has 1 aromatic rings. The van der Waals surface area contributed by atoms with Crippen molar-refractivity contribution in [1.82, 2.24) is 21.0 Å². The highest BCUT2D eigenvalue weighted by molar-refractivity contribution is 5.97. The number of aliphatic imine (C=N–C) groups is 1. The van der Waals surface area contributed by atoms with E-state index in [0.29, 0.717) is 5.56 Å². The van der Waals surface area contributed by atoms with E-state index in [-0.39, 0.29) is 18.5 Å². The minimum absolute atomic E-state index is 0.0396. The van der Waals surface area contributed by atoms with E-state index < -0.39 is 41.4 Å². The summed E-state index contributed by atoms with van der Waals surface area (Å²) in [6.07, 6.45) is 3.72. The second kappa shape index (κ2) is 7.30. The predicted molar refractivity (Wildman–Crippen MR) is 113 cm³/mol. The van der Waals surface area contributed by atoms with Crippen molar-refractivity contribution >= 4 is 23.7 Å². The minimum Gasteiger partial charge on any atom is -0.370 e. The Morgan fingerprint density at radius 3 is 2.76 bits per heavy atom. The van der Waals surface area contributed by atoms with Gasteiger partial charge in [-0.2, -0.15) is 0 Å². The van der Waals surface area contributed by atoms with Crippen molar-refractivity contribution in [3.05, 3.63) is 34.9 Å². The van der Waals surface area contributed by atoms with Gasteiger partial charge < -0.3 is 21.3 Å². The Hall–Kier alpha value is -3.42. The first-order chi connectivity index (χ1) is 15.7. The van der Waals surface area contributed by atoms with Crippen molar-refractivity contribution in [2.45, 2.75) is 55.3 Å². The van der Waals surface area contributed by atoms with Crippen LogP contribution in [-0.2, 0) is 17.6 Å². The fraction of sp³-hybridized carbons (Fsp3) is 0.500. The second-order valence-corrected chi connectivity index (χ2v) is 8.85. The Kier molecular flexibility index (Phi) is 4.74. The van der Waals surface area contributed by atoms with Crippen LogP contribution in [0.15, 0.2) is 23.2 Å². The Labute approximate surface area is 188 Å². The van der Waals surface area contributed by atoms with Crippen LogP contribution in [-0.4, -0.2) is 80.2 Å². The van der Waals surface area contributed by atoms with Crippen LogP contribution < -0.4 is 32.6 Å². The van der Waals surface area contributed by atoms with Gasteiger partial charge in [0.05, 0.1) is 6.54 Å². The maximum Gasteiger partial charge on any atom is 0.343 e. The van der Waals surface area contributed by atoms with E-state index in [9.17, 15) is 19.8 Å². The number of aryl methyl sites for hydroxylation is 1. The molecule has 0 bridgehead atoms. The smallest absolute Gasteiger partial charge is 0.343 e. The van der Waals surface area contributed by atoms with Crippen molar-refractivity contribution in [3.8, 4) is 0 Å². The van der Waals surface area contributed by atoms with Gasteiger partial charge in [-0.15, -0.1) is 0 Å². The zero-order chi connectivity index (χ0) is 23.5. The fourth-order valence-corrected chi connectivity index (χ4v) is 5.59. The van der Waals surface area contributed by atoms with Crippen molar-refractivity contribution < 1.29 is 30.0 Å². The number of benzene rings is 1. The van der Waals surface area contributed by atoms with Crippen LogP contribution in [0.2, 0.25) is 0 Å². The highest BCUT2D eigenvalue weighted by atomic mass is 16.5. The highest BCUT2D eigenvalue weighted by Crippen LogP contribution is 2.41. The van der Waals surface area contributed by atoms with Crippen LogP contribution in [0.3, 0.4) is 0 Å². The molecule has 13 nitrogen and oxygen atoms in total. The lowest BCUT2D eigenvalue weighted by atomic mass is 9.84. The molecule has 0 unspecified atom stereocenters. The van der Waals surface area contributed by atoms with Gasteiger partial charge in [-0.05, 0) is 42.9 Å². The number of hydroxylamine groups is 1. The SMILES string of the molecule is NC1=N[C@@H](C(=O)NO)[C@@H]2[NH+]=C(N)N[C@]23N1C[C@H](NC(=O)c1cccc2c1CCCC2)C3(O)O. The summed E-state index contributed by atoms with van der Waals surface area (Å²) < 4.78 is 0. The van der Waals surface area contributed by atoms with E-state index in [1.165, 1.54) is 10.4 Å². The Balaban J connectivity index is 1.49. The number of guanidine groups is 2. The molecule has 0 aromatic heterocycles. The Morgan fingerprint density at radius 1 is 1.24 bits per heavy atom. The number of hydrogen-bond donors (Lipinski definition) is 9. The van der Waals surface area contributed by atoms with Gasteiger partial charge in [0.25, 0.3) is 17.5 Å². The molecule has 1 fully saturated rings. The molecule has 3 aliphatic heterocycles. The quantitative estimate of drug-likeness (QED) is 0.120. The van der Waals surface area contributed by atoms with E-state index >= 15 is 0 Å². The van der Waals surface area contributed by atoms with Gasteiger partial charge >= 0.3 is 5.96 Å². The molecule has 1 saturated heterocycles. The zero-order valence-electron chi connectivity index (χ0n) is 17.7. The second-order valence-electron chi connectivity index (χ2n) is 8.85. The third-order valence-corrected chi connectivity index (χ3v) is 7.11. The Morgan fingerprint density at radius 2 is 2.00 bits per heavy atom. The number of fused-ring (bicyclic) bond motifs is 1. The molecule has 33 heavy (non-hydrogen) atoms. The van der Waals surface area contributed by atoms with Gasteiger partial charge in [0.2, 0.25) is 5.79 Å². The number of carbonyl (C=O) groups excluding carboxylic acids is 2. The van der Waals surface area contributed by atoms with Gasteiger partial charge in [0.1, 0.15) is 6.04 Å².